The second-order valence-electron chi connectivity index (χ2n) is 7.25. The van der Waals surface area contributed by atoms with Crippen molar-refractivity contribution < 1.29 is 27.4 Å². The molecule has 1 aliphatic rings. The summed E-state index contributed by atoms with van der Waals surface area (Å²) in [5.74, 6) is 0.708. The maximum Gasteiger partial charge on any atom is 0.251 e. The highest BCUT2D eigenvalue weighted by Gasteiger charge is 2.25. The molecule has 0 saturated carbocycles. The van der Waals surface area contributed by atoms with Gasteiger partial charge in [-0.15, -0.1) is 0 Å². The van der Waals surface area contributed by atoms with Gasteiger partial charge in [0.05, 0.1) is 32.2 Å². The Morgan fingerprint density at radius 2 is 1.66 bits per heavy atom. The first-order valence-electron chi connectivity index (χ1n) is 10.7. The minimum atomic E-state index is -3.46. The van der Waals surface area contributed by atoms with Gasteiger partial charge in [-0.25, -0.2) is 8.42 Å². The lowest BCUT2D eigenvalue weighted by Gasteiger charge is -2.26. The van der Waals surface area contributed by atoms with E-state index in [0.717, 1.165) is 5.56 Å². The fraction of sp³-hybridized carbons (Fsp3) is 0.435. The molecule has 0 radical (unpaired) electrons. The predicted molar refractivity (Wildman–Crippen MR) is 121 cm³/mol. The molecule has 0 aliphatic carbocycles. The van der Waals surface area contributed by atoms with Crippen LogP contribution in [0.25, 0.3) is 0 Å². The number of amides is 1. The lowest BCUT2D eigenvalue weighted by molar-refractivity contribution is 0.0729. The number of carbonyl (C=O) groups is 1. The smallest absolute Gasteiger partial charge is 0.251 e. The minimum absolute atomic E-state index is 0.114. The molecule has 32 heavy (non-hydrogen) atoms. The lowest BCUT2D eigenvalue weighted by atomic mass is 10.1. The Morgan fingerprint density at radius 3 is 2.34 bits per heavy atom. The zero-order chi connectivity index (χ0) is 23.0. The number of nitrogens with one attached hydrogen (secondary N) is 1. The highest BCUT2D eigenvalue weighted by atomic mass is 32.2. The molecule has 9 heteroatoms. The van der Waals surface area contributed by atoms with E-state index in [9.17, 15) is 13.2 Å². The van der Waals surface area contributed by atoms with Gasteiger partial charge in [-0.1, -0.05) is 24.3 Å². The number of ether oxygens (including phenoxy) is 3. The van der Waals surface area contributed by atoms with Crippen molar-refractivity contribution in [2.24, 2.45) is 0 Å². The van der Waals surface area contributed by atoms with Crippen molar-refractivity contribution in [3.63, 3.8) is 0 Å². The van der Waals surface area contributed by atoms with E-state index >= 15 is 0 Å². The van der Waals surface area contributed by atoms with Crippen molar-refractivity contribution in [3.8, 4) is 11.5 Å². The van der Waals surface area contributed by atoms with E-state index < -0.39 is 10.0 Å². The third-order valence-corrected chi connectivity index (χ3v) is 6.89. The Labute approximate surface area is 189 Å². The molecule has 0 unspecified atom stereocenters. The van der Waals surface area contributed by atoms with Crippen molar-refractivity contribution >= 4 is 15.9 Å². The van der Waals surface area contributed by atoms with Gasteiger partial charge < -0.3 is 19.5 Å². The van der Waals surface area contributed by atoms with Gasteiger partial charge in [0.25, 0.3) is 5.91 Å². The van der Waals surface area contributed by atoms with Crippen LogP contribution in [0, 0.1) is 0 Å². The summed E-state index contributed by atoms with van der Waals surface area (Å²) < 4.78 is 43.5. The fourth-order valence-electron chi connectivity index (χ4n) is 3.45. The van der Waals surface area contributed by atoms with Gasteiger partial charge in [0.2, 0.25) is 10.0 Å². The number of nitrogens with zero attached hydrogens (tertiary/aromatic N) is 1. The van der Waals surface area contributed by atoms with Crippen LogP contribution in [0.1, 0.15) is 35.3 Å². The van der Waals surface area contributed by atoms with E-state index in [1.165, 1.54) is 4.31 Å². The third kappa shape index (κ3) is 6.21. The van der Waals surface area contributed by atoms with Crippen molar-refractivity contribution in [1.82, 2.24) is 9.62 Å². The lowest BCUT2D eigenvalue weighted by Crippen LogP contribution is -2.41. The van der Waals surface area contributed by atoms with E-state index in [1.807, 2.05) is 26.0 Å². The number of hydrogen-bond acceptors (Lipinski definition) is 6. The summed E-state index contributed by atoms with van der Waals surface area (Å²) in [4.78, 5) is 12.7. The first-order valence-corrected chi connectivity index (χ1v) is 12.4. The molecule has 0 aromatic heterocycles. The Bertz CT molecular complexity index is 1020. The predicted octanol–water partition coefficient (Wildman–Crippen LogP) is 2.58. The number of rotatable bonds is 10. The average Bonchev–Trinajstić information content (AvgIpc) is 2.80. The summed E-state index contributed by atoms with van der Waals surface area (Å²) in [7, 11) is -3.46. The topological polar surface area (TPSA) is 94.2 Å². The van der Waals surface area contributed by atoms with Crippen LogP contribution in [0.4, 0.5) is 0 Å². The molecular weight excluding hydrogens is 432 g/mol. The normalized spacial score (nSPS) is 14.7. The van der Waals surface area contributed by atoms with Crippen molar-refractivity contribution in [2.45, 2.75) is 26.1 Å². The van der Waals surface area contributed by atoms with Crippen LogP contribution in [0.3, 0.4) is 0 Å². The summed E-state index contributed by atoms with van der Waals surface area (Å²) in [5.41, 5.74) is 1.87. The van der Waals surface area contributed by atoms with E-state index in [4.69, 9.17) is 14.2 Å². The number of carbonyl (C=O) groups excluding carboxylic acids is 1. The zero-order valence-corrected chi connectivity index (χ0v) is 19.3. The van der Waals surface area contributed by atoms with E-state index in [2.05, 4.69) is 5.32 Å². The highest BCUT2D eigenvalue weighted by molar-refractivity contribution is 7.88. The molecule has 2 aromatic carbocycles. The first kappa shape index (κ1) is 24.0. The number of sulfonamides is 1. The minimum Gasteiger partial charge on any atom is -0.490 e. The quantitative estimate of drug-likeness (QED) is 0.583. The molecule has 0 atom stereocenters. The molecule has 174 valence electrons. The van der Waals surface area contributed by atoms with Crippen molar-refractivity contribution in [1.29, 1.82) is 0 Å². The third-order valence-electron chi connectivity index (χ3n) is 5.06. The fourth-order valence-corrected chi connectivity index (χ4v) is 5.02. The maximum absolute atomic E-state index is 12.8. The summed E-state index contributed by atoms with van der Waals surface area (Å²) >= 11 is 0. The molecule has 8 nitrogen and oxygen atoms in total. The standard InChI is InChI=1S/C23H30N2O6S/c1-3-30-21-10-9-18(15-22(21)31-4-2)23(26)24-16-19-7-5-6-8-20(19)17-32(27,28)25-11-13-29-14-12-25/h5-10,15H,3-4,11-14,16-17H2,1-2H3,(H,24,26). The summed E-state index contributed by atoms with van der Waals surface area (Å²) in [6.45, 7) is 6.45. The van der Waals surface area contributed by atoms with Crippen LogP contribution >= 0.6 is 0 Å². The number of morpholine rings is 1. The molecule has 0 spiro atoms. The van der Waals surface area contributed by atoms with Crippen LogP contribution in [0.5, 0.6) is 11.5 Å². The highest BCUT2D eigenvalue weighted by Crippen LogP contribution is 2.28. The molecule has 0 bridgehead atoms. The number of hydrogen-bond donors (Lipinski definition) is 1. The van der Waals surface area contributed by atoms with Gasteiger partial charge in [-0.2, -0.15) is 4.31 Å². The molecular formula is C23H30N2O6S. The molecule has 2 aromatic rings. The molecule has 1 fully saturated rings. The Balaban J connectivity index is 1.69. The Morgan fingerprint density at radius 1 is 1.00 bits per heavy atom. The van der Waals surface area contributed by atoms with Gasteiger partial charge in [0, 0.05) is 25.2 Å². The van der Waals surface area contributed by atoms with Gasteiger partial charge >= 0.3 is 0 Å². The van der Waals surface area contributed by atoms with E-state index in [0.29, 0.717) is 62.1 Å². The largest absolute Gasteiger partial charge is 0.490 e. The monoisotopic (exact) mass is 462 g/mol. The van der Waals surface area contributed by atoms with Crippen molar-refractivity contribution in [3.05, 3.63) is 59.2 Å². The number of benzene rings is 2. The van der Waals surface area contributed by atoms with Crippen LogP contribution in [-0.2, 0) is 27.1 Å². The van der Waals surface area contributed by atoms with Gasteiger partial charge in [0.15, 0.2) is 11.5 Å². The first-order chi connectivity index (χ1) is 15.4. The van der Waals surface area contributed by atoms with E-state index in [1.54, 1.807) is 30.3 Å². The molecule has 3 rings (SSSR count). The van der Waals surface area contributed by atoms with Crippen LogP contribution in [0.15, 0.2) is 42.5 Å². The second-order valence-corrected chi connectivity index (χ2v) is 9.22. The van der Waals surface area contributed by atoms with E-state index in [-0.39, 0.29) is 18.2 Å². The Hall–Kier alpha value is -2.62. The summed E-state index contributed by atoms with van der Waals surface area (Å²) in [6, 6.07) is 12.3. The molecule has 1 amide bonds. The average molecular weight is 463 g/mol. The molecule has 1 N–H and O–H groups in total. The maximum atomic E-state index is 12.8. The summed E-state index contributed by atoms with van der Waals surface area (Å²) in [5, 5.41) is 2.88. The summed E-state index contributed by atoms with van der Waals surface area (Å²) in [6.07, 6.45) is 0. The molecule has 1 aliphatic heterocycles. The van der Waals surface area contributed by atoms with Crippen molar-refractivity contribution in [2.75, 3.05) is 39.5 Å². The SMILES string of the molecule is CCOc1ccc(C(=O)NCc2ccccc2CS(=O)(=O)N2CCOCC2)cc1OCC. The second kappa shape index (κ2) is 11.3. The zero-order valence-electron chi connectivity index (χ0n) is 18.5. The molecule has 1 heterocycles. The van der Waals surface area contributed by atoms with Gasteiger partial charge in [-0.3, -0.25) is 4.79 Å². The van der Waals surface area contributed by atoms with Crippen LogP contribution in [-0.4, -0.2) is 58.1 Å². The van der Waals surface area contributed by atoms with Crippen LogP contribution in [0.2, 0.25) is 0 Å². The van der Waals surface area contributed by atoms with Gasteiger partial charge in [0.1, 0.15) is 0 Å². The Kier molecular flexibility index (Phi) is 8.49. The molecule has 1 saturated heterocycles. The van der Waals surface area contributed by atoms with Gasteiger partial charge in [-0.05, 0) is 43.2 Å². The van der Waals surface area contributed by atoms with Crippen LogP contribution < -0.4 is 14.8 Å².